The van der Waals surface area contributed by atoms with Gasteiger partial charge >= 0.3 is 0 Å². The summed E-state index contributed by atoms with van der Waals surface area (Å²) in [4.78, 5) is 2.33. The van der Waals surface area contributed by atoms with Gasteiger partial charge in [-0.1, -0.05) is 12.1 Å². The first kappa shape index (κ1) is 12.1. The lowest BCUT2D eigenvalue weighted by Gasteiger charge is -2.26. The van der Waals surface area contributed by atoms with E-state index in [2.05, 4.69) is 24.9 Å². The SMILES string of the molecule is CC1OCCC1N(C)Cc1ccc(C#N)cc1. The summed E-state index contributed by atoms with van der Waals surface area (Å²) in [6.07, 6.45) is 1.42. The summed E-state index contributed by atoms with van der Waals surface area (Å²) in [5.74, 6) is 0. The number of nitriles is 1. The second kappa shape index (κ2) is 5.31. The molecule has 0 spiro atoms. The molecule has 3 heteroatoms. The molecule has 2 unspecified atom stereocenters. The molecule has 0 radical (unpaired) electrons. The monoisotopic (exact) mass is 230 g/mol. The molecule has 1 heterocycles. The van der Waals surface area contributed by atoms with Crippen LogP contribution in [-0.2, 0) is 11.3 Å². The van der Waals surface area contributed by atoms with Gasteiger partial charge in [0, 0.05) is 19.2 Å². The number of ether oxygens (including phenoxy) is 1. The Kier molecular flexibility index (Phi) is 3.78. The summed E-state index contributed by atoms with van der Waals surface area (Å²) < 4.78 is 5.58. The van der Waals surface area contributed by atoms with Crippen molar-refractivity contribution in [2.75, 3.05) is 13.7 Å². The van der Waals surface area contributed by atoms with Gasteiger partial charge < -0.3 is 4.74 Å². The highest BCUT2D eigenvalue weighted by Crippen LogP contribution is 2.20. The molecule has 0 N–H and O–H groups in total. The van der Waals surface area contributed by atoms with Crippen LogP contribution >= 0.6 is 0 Å². The second-order valence-corrected chi connectivity index (χ2v) is 4.66. The highest BCUT2D eigenvalue weighted by atomic mass is 16.5. The molecule has 1 aromatic carbocycles. The smallest absolute Gasteiger partial charge is 0.0991 e. The van der Waals surface area contributed by atoms with Gasteiger partial charge in [-0.05, 0) is 38.1 Å². The molecule has 2 atom stereocenters. The van der Waals surface area contributed by atoms with Gasteiger partial charge in [-0.2, -0.15) is 5.26 Å². The van der Waals surface area contributed by atoms with Crippen LogP contribution in [0.1, 0.15) is 24.5 Å². The van der Waals surface area contributed by atoms with E-state index < -0.39 is 0 Å². The van der Waals surface area contributed by atoms with Crippen LogP contribution in [0.25, 0.3) is 0 Å². The summed E-state index contributed by atoms with van der Waals surface area (Å²) >= 11 is 0. The number of nitrogens with zero attached hydrogens (tertiary/aromatic N) is 2. The van der Waals surface area contributed by atoms with Crippen molar-refractivity contribution in [3.05, 3.63) is 35.4 Å². The molecular weight excluding hydrogens is 212 g/mol. The van der Waals surface area contributed by atoms with E-state index in [1.54, 1.807) is 0 Å². The maximum Gasteiger partial charge on any atom is 0.0991 e. The second-order valence-electron chi connectivity index (χ2n) is 4.66. The van der Waals surface area contributed by atoms with Gasteiger partial charge in [0.25, 0.3) is 0 Å². The zero-order valence-electron chi connectivity index (χ0n) is 10.4. The van der Waals surface area contributed by atoms with Gasteiger partial charge in [0.2, 0.25) is 0 Å². The van der Waals surface area contributed by atoms with Crippen molar-refractivity contribution in [3.63, 3.8) is 0 Å². The molecule has 1 aromatic rings. The molecule has 17 heavy (non-hydrogen) atoms. The van der Waals surface area contributed by atoms with Crippen molar-refractivity contribution in [2.24, 2.45) is 0 Å². The molecule has 90 valence electrons. The standard InChI is InChI=1S/C14H18N2O/c1-11-14(7-8-17-11)16(2)10-13-5-3-12(9-15)4-6-13/h3-6,11,14H,7-8,10H2,1-2H3. The van der Waals surface area contributed by atoms with Gasteiger partial charge in [-0.3, -0.25) is 4.90 Å². The Bertz CT molecular complexity index is 407. The van der Waals surface area contributed by atoms with Crippen LogP contribution in [-0.4, -0.2) is 30.7 Å². The number of hydrogen-bond acceptors (Lipinski definition) is 3. The van der Waals surface area contributed by atoms with Crippen molar-refractivity contribution in [1.29, 1.82) is 5.26 Å². The van der Waals surface area contributed by atoms with Crippen molar-refractivity contribution < 1.29 is 4.74 Å². The first-order valence-corrected chi connectivity index (χ1v) is 6.01. The van der Waals surface area contributed by atoms with Crippen LogP contribution in [0.5, 0.6) is 0 Å². The summed E-state index contributed by atoms with van der Waals surface area (Å²) in [7, 11) is 2.13. The first-order chi connectivity index (χ1) is 8.20. The Balaban J connectivity index is 1.98. The average molecular weight is 230 g/mol. The lowest BCUT2D eigenvalue weighted by Crippen LogP contribution is -2.36. The van der Waals surface area contributed by atoms with Gasteiger partial charge in [0.1, 0.15) is 0 Å². The van der Waals surface area contributed by atoms with E-state index in [9.17, 15) is 0 Å². The summed E-state index contributed by atoms with van der Waals surface area (Å²) in [5, 5.41) is 8.74. The molecule has 1 fully saturated rings. The van der Waals surface area contributed by atoms with Gasteiger partial charge in [0.05, 0.1) is 17.7 Å². The predicted molar refractivity (Wildman–Crippen MR) is 66.4 cm³/mol. The largest absolute Gasteiger partial charge is 0.377 e. The number of rotatable bonds is 3. The lowest BCUT2D eigenvalue weighted by molar-refractivity contribution is 0.0814. The highest BCUT2D eigenvalue weighted by molar-refractivity contribution is 5.31. The van der Waals surface area contributed by atoms with Gasteiger partial charge in [-0.25, -0.2) is 0 Å². The molecular formula is C14H18N2O. The number of hydrogen-bond donors (Lipinski definition) is 0. The maximum absolute atomic E-state index is 8.74. The molecule has 0 aliphatic carbocycles. The minimum absolute atomic E-state index is 0.318. The fraction of sp³-hybridized carbons (Fsp3) is 0.500. The van der Waals surface area contributed by atoms with Crippen molar-refractivity contribution in [1.82, 2.24) is 4.90 Å². The fourth-order valence-corrected chi connectivity index (χ4v) is 2.39. The third-order valence-electron chi connectivity index (χ3n) is 3.42. The zero-order valence-corrected chi connectivity index (χ0v) is 10.4. The molecule has 0 amide bonds. The average Bonchev–Trinajstić information content (AvgIpc) is 2.76. The third kappa shape index (κ3) is 2.85. The Labute approximate surface area is 103 Å². The van der Waals surface area contributed by atoms with Crippen LogP contribution in [0.2, 0.25) is 0 Å². The third-order valence-corrected chi connectivity index (χ3v) is 3.42. The van der Waals surface area contributed by atoms with Crippen LogP contribution < -0.4 is 0 Å². The van der Waals surface area contributed by atoms with E-state index in [1.807, 2.05) is 24.3 Å². The summed E-state index contributed by atoms with van der Waals surface area (Å²) in [6, 6.07) is 10.4. The van der Waals surface area contributed by atoms with E-state index in [1.165, 1.54) is 5.56 Å². The Morgan fingerprint density at radius 2 is 2.12 bits per heavy atom. The van der Waals surface area contributed by atoms with Crippen molar-refractivity contribution in [2.45, 2.75) is 32.0 Å². The first-order valence-electron chi connectivity index (χ1n) is 6.01. The highest BCUT2D eigenvalue weighted by Gasteiger charge is 2.27. The topological polar surface area (TPSA) is 36.3 Å². The van der Waals surface area contributed by atoms with Gasteiger partial charge in [-0.15, -0.1) is 0 Å². The molecule has 2 rings (SSSR count). The fourth-order valence-electron chi connectivity index (χ4n) is 2.39. The Hall–Kier alpha value is -1.37. The minimum Gasteiger partial charge on any atom is -0.377 e. The molecule has 1 aliphatic heterocycles. The summed E-state index contributed by atoms with van der Waals surface area (Å²) in [5.41, 5.74) is 1.96. The van der Waals surface area contributed by atoms with Crippen LogP contribution in [0.3, 0.4) is 0 Å². The van der Waals surface area contributed by atoms with Crippen molar-refractivity contribution >= 4 is 0 Å². The number of benzene rings is 1. The van der Waals surface area contributed by atoms with E-state index in [0.29, 0.717) is 17.7 Å². The van der Waals surface area contributed by atoms with Crippen LogP contribution in [0.4, 0.5) is 0 Å². The minimum atomic E-state index is 0.318. The normalized spacial score (nSPS) is 23.9. The molecule has 0 aromatic heterocycles. The molecule has 0 bridgehead atoms. The van der Waals surface area contributed by atoms with E-state index >= 15 is 0 Å². The van der Waals surface area contributed by atoms with Crippen molar-refractivity contribution in [3.8, 4) is 6.07 Å². The van der Waals surface area contributed by atoms with Crippen LogP contribution in [0, 0.1) is 11.3 Å². The molecule has 1 saturated heterocycles. The van der Waals surface area contributed by atoms with Gasteiger partial charge in [0.15, 0.2) is 0 Å². The predicted octanol–water partition coefficient (Wildman–Crippen LogP) is 2.17. The molecule has 3 nitrogen and oxygen atoms in total. The van der Waals surface area contributed by atoms with E-state index in [-0.39, 0.29) is 0 Å². The molecule has 1 aliphatic rings. The Morgan fingerprint density at radius 3 is 2.65 bits per heavy atom. The van der Waals surface area contributed by atoms with Crippen LogP contribution in [0.15, 0.2) is 24.3 Å². The van der Waals surface area contributed by atoms with E-state index in [4.69, 9.17) is 10.00 Å². The number of likely N-dealkylation sites (N-methyl/N-ethyl adjacent to an activating group) is 1. The maximum atomic E-state index is 8.74. The molecule has 0 saturated carbocycles. The Morgan fingerprint density at radius 1 is 1.41 bits per heavy atom. The zero-order chi connectivity index (χ0) is 12.3. The van der Waals surface area contributed by atoms with E-state index in [0.717, 1.165) is 19.6 Å². The quantitative estimate of drug-likeness (QED) is 0.798. The summed E-state index contributed by atoms with van der Waals surface area (Å²) in [6.45, 7) is 3.90. The lowest BCUT2D eigenvalue weighted by atomic mass is 10.1.